The number of pyridine rings is 1. The summed E-state index contributed by atoms with van der Waals surface area (Å²) in [4.78, 5) is 4.15. The van der Waals surface area contributed by atoms with Crippen molar-refractivity contribution in [3.8, 4) is 22.8 Å². The molecule has 0 atom stereocenters. The maximum atomic E-state index is 9.68. The van der Waals surface area contributed by atoms with E-state index < -0.39 is 0 Å². The molecule has 0 aliphatic heterocycles. The van der Waals surface area contributed by atoms with Crippen LogP contribution in [0.3, 0.4) is 0 Å². The number of benzene rings is 1. The highest BCUT2D eigenvalue weighted by Gasteiger charge is 2.04. The van der Waals surface area contributed by atoms with E-state index in [1.165, 1.54) is 0 Å². The summed E-state index contributed by atoms with van der Waals surface area (Å²) < 4.78 is 5.49. The number of nitrogens with zero attached hydrogens (tertiary/aromatic N) is 1. The summed E-state index contributed by atoms with van der Waals surface area (Å²) in [6, 6.07) is 10.9. The van der Waals surface area contributed by atoms with E-state index in [0.29, 0.717) is 12.3 Å². The predicted octanol–water partition coefficient (Wildman–Crippen LogP) is 3.24. The number of hydrogen-bond acceptors (Lipinski definition) is 3. The minimum Gasteiger partial charge on any atom is -0.506 e. The zero-order chi connectivity index (χ0) is 12.1. The van der Waals surface area contributed by atoms with E-state index in [0.717, 1.165) is 17.7 Å². The summed E-state index contributed by atoms with van der Waals surface area (Å²) in [6.07, 6.45) is 2.65. The number of aromatic hydroxyl groups is 1. The monoisotopic (exact) mass is 229 g/mol. The van der Waals surface area contributed by atoms with E-state index >= 15 is 0 Å². The van der Waals surface area contributed by atoms with Crippen molar-refractivity contribution in [3.05, 3.63) is 42.6 Å². The quantitative estimate of drug-likeness (QED) is 0.875. The summed E-state index contributed by atoms with van der Waals surface area (Å²) in [5.74, 6) is 1.03. The molecule has 0 aliphatic rings. The Morgan fingerprint density at radius 1 is 1.18 bits per heavy atom. The fourth-order valence-corrected chi connectivity index (χ4v) is 1.55. The predicted molar refractivity (Wildman–Crippen MR) is 67.1 cm³/mol. The smallest absolute Gasteiger partial charge is 0.141 e. The summed E-state index contributed by atoms with van der Waals surface area (Å²) >= 11 is 0. The number of hydrogen-bond donors (Lipinski definition) is 1. The Morgan fingerprint density at radius 3 is 2.59 bits per heavy atom. The lowest BCUT2D eigenvalue weighted by Gasteiger charge is -2.06. The van der Waals surface area contributed by atoms with Crippen molar-refractivity contribution in [2.45, 2.75) is 13.3 Å². The van der Waals surface area contributed by atoms with Gasteiger partial charge in [-0.25, -0.2) is 0 Å². The summed E-state index contributed by atoms with van der Waals surface area (Å²) in [5, 5.41) is 9.68. The van der Waals surface area contributed by atoms with Crippen LogP contribution in [0.25, 0.3) is 11.3 Å². The van der Waals surface area contributed by atoms with Gasteiger partial charge in [0, 0.05) is 11.8 Å². The molecule has 0 amide bonds. The molecule has 0 unspecified atom stereocenters. The SMILES string of the molecule is CCCOc1ccc(-c2ncccc2O)cc1. The van der Waals surface area contributed by atoms with Crippen molar-refractivity contribution in [1.82, 2.24) is 4.98 Å². The summed E-state index contributed by atoms with van der Waals surface area (Å²) in [7, 11) is 0. The second-order valence-electron chi connectivity index (χ2n) is 3.74. The molecule has 0 spiro atoms. The first-order chi connectivity index (χ1) is 8.31. The molecule has 0 saturated carbocycles. The molecule has 0 radical (unpaired) electrons. The molecular formula is C14H15NO2. The topological polar surface area (TPSA) is 42.4 Å². The third kappa shape index (κ3) is 2.75. The van der Waals surface area contributed by atoms with Crippen LogP contribution >= 0.6 is 0 Å². The molecule has 1 aromatic carbocycles. The van der Waals surface area contributed by atoms with Gasteiger partial charge in [0.15, 0.2) is 0 Å². The maximum Gasteiger partial charge on any atom is 0.141 e. The fourth-order valence-electron chi connectivity index (χ4n) is 1.55. The molecule has 3 nitrogen and oxygen atoms in total. The minimum atomic E-state index is 0.190. The molecule has 0 aliphatic carbocycles. The van der Waals surface area contributed by atoms with Crippen LogP contribution in [0.4, 0.5) is 0 Å². The Hall–Kier alpha value is -2.03. The molecule has 0 bridgehead atoms. The van der Waals surface area contributed by atoms with Crippen molar-refractivity contribution < 1.29 is 9.84 Å². The van der Waals surface area contributed by atoms with E-state index in [2.05, 4.69) is 11.9 Å². The van der Waals surface area contributed by atoms with Crippen LogP contribution < -0.4 is 4.74 Å². The van der Waals surface area contributed by atoms with Crippen LogP contribution in [0, 0.1) is 0 Å². The minimum absolute atomic E-state index is 0.190. The van der Waals surface area contributed by atoms with Crippen LogP contribution in [-0.2, 0) is 0 Å². The number of rotatable bonds is 4. The Morgan fingerprint density at radius 2 is 1.94 bits per heavy atom. The zero-order valence-corrected chi connectivity index (χ0v) is 9.76. The fraction of sp³-hybridized carbons (Fsp3) is 0.214. The molecule has 0 fully saturated rings. The lowest BCUT2D eigenvalue weighted by Crippen LogP contribution is -1.94. The van der Waals surface area contributed by atoms with Crippen LogP contribution in [-0.4, -0.2) is 16.7 Å². The second kappa shape index (κ2) is 5.34. The molecule has 1 aromatic heterocycles. The van der Waals surface area contributed by atoms with E-state index in [4.69, 9.17) is 4.74 Å². The molecule has 3 heteroatoms. The lowest BCUT2D eigenvalue weighted by molar-refractivity contribution is 0.317. The van der Waals surface area contributed by atoms with Gasteiger partial charge in [-0.2, -0.15) is 0 Å². The first kappa shape index (κ1) is 11.5. The summed E-state index contributed by atoms with van der Waals surface area (Å²) in [6.45, 7) is 2.79. The molecule has 0 saturated heterocycles. The zero-order valence-electron chi connectivity index (χ0n) is 9.76. The Kier molecular flexibility index (Phi) is 3.60. The normalized spacial score (nSPS) is 10.2. The molecule has 2 aromatic rings. The van der Waals surface area contributed by atoms with E-state index in [-0.39, 0.29) is 5.75 Å². The molecule has 1 N–H and O–H groups in total. The van der Waals surface area contributed by atoms with Gasteiger partial charge in [-0.3, -0.25) is 4.98 Å². The van der Waals surface area contributed by atoms with Gasteiger partial charge in [0.2, 0.25) is 0 Å². The van der Waals surface area contributed by atoms with Gasteiger partial charge in [0.25, 0.3) is 0 Å². The molecule has 2 rings (SSSR count). The van der Waals surface area contributed by atoms with Crippen LogP contribution in [0.15, 0.2) is 42.6 Å². The van der Waals surface area contributed by atoms with Gasteiger partial charge in [-0.15, -0.1) is 0 Å². The number of aromatic nitrogens is 1. The van der Waals surface area contributed by atoms with Crippen molar-refractivity contribution in [1.29, 1.82) is 0 Å². The molecule has 88 valence electrons. The van der Waals surface area contributed by atoms with Gasteiger partial charge in [0.05, 0.1) is 6.61 Å². The first-order valence-electron chi connectivity index (χ1n) is 5.68. The second-order valence-corrected chi connectivity index (χ2v) is 3.74. The highest BCUT2D eigenvalue weighted by Crippen LogP contribution is 2.27. The highest BCUT2D eigenvalue weighted by atomic mass is 16.5. The Labute approximate surface area is 101 Å². The van der Waals surface area contributed by atoms with E-state index in [1.54, 1.807) is 18.3 Å². The van der Waals surface area contributed by atoms with Crippen molar-refractivity contribution >= 4 is 0 Å². The largest absolute Gasteiger partial charge is 0.506 e. The lowest BCUT2D eigenvalue weighted by atomic mass is 10.1. The van der Waals surface area contributed by atoms with Gasteiger partial charge >= 0.3 is 0 Å². The van der Waals surface area contributed by atoms with Gasteiger partial charge < -0.3 is 9.84 Å². The van der Waals surface area contributed by atoms with Crippen molar-refractivity contribution in [2.75, 3.05) is 6.61 Å². The van der Waals surface area contributed by atoms with E-state index in [9.17, 15) is 5.11 Å². The van der Waals surface area contributed by atoms with Crippen LogP contribution in [0.2, 0.25) is 0 Å². The Balaban J connectivity index is 2.21. The average molecular weight is 229 g/mol. The van der Waals surface area contributed by atoms with Crippen molar-refractivity contribution in [3.63, 3.8) is 0 Å². The first-order valence-corrected chi connectivity index (χ1v) is 5.68. The molecular weight excluding hydrogens is 214 g/mol. The van der Waals surface area contributed by atoms with Crippen LogP contribution in [0.1, 0.15) is 13.3 Å². The van der Waals surface area contributed by atoms with E-state index in [1.807, 2.05) is 24.3 Å². The average Bonchev–Trinajstić information content (AvgIpc) is 2.38. The maximum absolute atomic E-state index is 9.68. The van der Waals surface area contributed by atoms with Crippen molar-refractivity contribution in [2.24, 2.45) is 0 Å². The van der Waals surface area contributed by atoms with Gasteiger partial charge in [0.1, 0.15) is 17.2 Å². The highest BCUT2D eigenvalue weighted by molar-refractivity contribution is 5.66. The standard InChI is InChI=1S/C14H15NO2/c1-2-10-17-12-7-5-11(6-8-12)14-13(16)4-3-9-15-14/h3-9,16H,2,10H2,1H3. The number of ether oxygens (including phenoxy) is 1. The third-order valence-corrected chi connectivity index (χ3v) is 2.39. The Bertz CT molecular complexity index is 480. The molecule has 1 heterocycles. The third-order valence-electron chi connectivity index (χ3n) is 2.39. The summed E-state index contributed by atoms with van der Waals surface area (Å²) in [5.41, 5.74) is 1.47. The van der Waals surface area contributed by atoms with Gasteiger partial charge in [-0.1, -0.05) is 6.92 Å². The van der Waals surface area contributed by atoms with Gasteiger partial charge in [-0.05, 0) is 42.8 Å². The van der Waals surface area contributed by atoms with Crippen LogP contribution in [0.5, 0.6) is 11.5 Å². The molecule has 17 heavy (non-hydrogen) atoms.